The van der Waals surface area contributed by atoms with Gasteiger partial charge < -0.3 is 15.4 Å². The summed E-state index contributed by atoms with van der Waals surface area (Å²) in [5, 5.41) is 6.79. The van der Waals surface area contributed by atoms with Crippen molar-refractivity contribution in [3.8, 4) is 5.75 Å². The van der Waals surface area contributed by atoms with Crippen LogP contribution in [-0.2, 0) is 4.79 Å². The van der Waals surface area contributed by atoms with Crippen LogP contribution in [0.15, 0.2) is 42.5 Å². The first-order chi connectivity index (χ1) is 11.4. The van der Waals surface area contributed by atoms with Gasteiger partial charge in [-0.25, -0.2) is 0 Å². The van der Waals surface area contributed by atoms with Gasteiger partial charge in [0.1, 0.15) is 5.75 Å². The largest absolute Gasteiger partial charge is 0.491 e. The normalized spacial score (nSPS) is 10.5. The third-order valence-electron chi connectivity index (χ3n) is 3.37. The minimum absolute atomic E-state index is 0.0346. The number of amides is 1. The van der Waals surface area contributed by atoms with Gasteiger partial charge in [0.15, 0.2) is 0 Å². The summed E-state index contributed by atoms with van der Waals surface area (Å²) in [5.41, 5.74) is 2.70. The van der Waals surface area contributed by atoms with Gasteiger partial charge in [-0.1, -0.05) is 11.6 Å². The number of rotatable bonds is 7. The van der Waals surface area contributed by atoms with Gasteiger partial charge in [0.2, 0.25) is 5.91 Å². The Labute approximate surface area is 148 Å². The molecular weight excluding hydrogens is 324 g/mol. The standard InChI is InChI=1S/C19H23ClN2O2/c1-13(2)24-17-7-5-16(6-8-17)21-11-10-19(23)22-18-9-4-15(20)12-14(18)3/h4-9,12-13,21H,10-11H2,1-3H3,(H,22,23). The maximum atomic E-state index is 12.0. The van der Waals surface area contributed by atoms with Crippen LogP contribution in [0.2, 0.25) is 5.02 Å². The first-order valence-electron chi connectivity index (χ1n) is 8.00. The number of hydrogen-bond acceptors (Lipinski definition) is 3. The summed E-state index contributed by atoms with van der Waals surface area (Å²) >= 11 is 5.91. The highest BCUT2D eigenvalue weighted by molar-refractivity contribution is 6.30. The van der Waals surface area contributed by atoms with Crippen LogP contribution in [0.25, 0.3) is 0 Å². The molecule has 24 heavy (non-hydrogen) atoms. The van der Waals surface area contributed by atoms with Crippen LogP contribution in [0.1, 0.15) is 25.8 Å². The second-order valence-corrected chi connectivity index (χ2v) is 6.31. The van der Waals surface area contributed by atoms with Crippen molar-refractivity contribution >= 4 is 28.9 Å². The Morgan fingerprint density at radius 1 is 1.17 bits per heavy atom. The molecule has 0 aromatic heterocycles. The van der Waals surface area contributed by atoms with E-state index in [9.17, 15) is 4.79 Å². The molecule has 0 bridgehead atoms. The topological polar surface area (TPSA) is 50.4 Å². The van der Waals surface area contributed by atoms with Crippen molar-refractivity contribution in [2.45, 2.75) is 33.3 Å². The van der Waals surface area contributed by atoms with E-state index in [1.54, 1.807) is 6.07 Å². The minimum Gasteiger partial charge on any atom is -0.491 e. The lowest BCUT2D eigenvalue weighted by Gasteiger charge is -2.11. The molecule has 5 heteroatoms. The third-order valence-corrected chi connectivity index (χ3v) is 3.60. The van der Waals surface area contributed by atoms with Gasteiger partial charge in [-0.05, 0) is 68.8 Å². The molecule has 128 valence electrons. The van der Waals surface area contributed by atoms with Crippen LogP contribution in [0, 0.1) is 6.92 Å². The Morgan fingerprint density at radius 2 is 1.88 bits per heavy atom. The van der Waals surface area contributed by atoms with Crippen molar-refractivity contribution in [3.63, 3.8) is 0 Å². The summed E-state index contributed by atoms with van der Waals surface area (Å²) in [5.74, 6) is 0.805. The summed E-state index contributed by atoms with van der Waals surface area (Å²) in [6.07, 6.45) is 0.538. The summed E-state index contributed by atoms with van der Waals surface area (Å²) in [7, 11) is 0. The lowest BCUT2D eigenvalue weighted by molar-refractivity contribution is -0.115. The zero-order valence-corrected chi connectivity index (χ0v) is 15.0. The highest BCUT2D eigenvalue weighted by Crippen LogP contribution is 2.20. The fourth-order valence-corrected chi connectivity index (χ4v) is 2.45. The summed E-state index contributed by atoms with van der Waals surface area (Å²) < 4.78 is 5.60. The Hall–Kier alpha value is -2.20. The Balaban J connectivity index is 1.78. The minimum atomic E-state index is -0.0346. The molecule has 0 heterocycles. The van der Waals surface area contributed by atoms with Gasteiger partial charge >= 0.3 is 0 Å². The second-order valence-electron chi connectivity index (χ2n) is 5.88. The fourth-order valence-electron chi connectivity index (χ4n) is 2.22. The number of aryl methyl sites for hydroxylation is 1. The lowest BCUT2D eigenvalue weighted by Crippen LogP contribution is -2.16. The zero-order chi connectivity index (χ0) is 17.5. The maximum absolute atomic E-state index is 12.0. The van der Waals surface area contributed by atoms with Gasteiger partial charge in [0.25, 0.3) is 0 Å². The van der Waals surface area contributed by atoms with Crippen molar-refractivity contribution in [2.24, 2.45) is 0 Å². The molecule has 0 unspecified atom stereocenters. The second kappa shape index (κ2) is 8.60. The van der Waals surface area contributed by atoms with Crippen LogP contribution < -0.4 is 15.4 Å². The molecule has 0 aliphatic carbocycles. The Morgan fingerprint density at radius 3 is 2.50 bits per heavy atom. The van der Waals surface area contributed by atoms with Crippen molar-refractivity contribution in [2.75, 3.05) is 17.2 Å². The van der Waals surface area contributed by atoms with Gasteiger partial charge in [-0.2, -0.15) is 0 Å². The molecule has 0 radical (unpaired) electrons. The maximum Gasteiger partial charge on any atom is 0.226 e. The number of carbonyl (C=O) groups excluding carboxylic acids is 1. The van der Waals surface area contributed by atoms with E-state index in [-0.39, 0.29) is 12.0 Å². The predicted octanol–water partition coefficient (Wildman–Crippen LogP) is 4.88. The molecule has 0 atom stereocenters. The van der Waals surface area contributed by atoms with Crippen LogP contribution in [-0.4, -0.2) is 18.6 Å². The number of nitrogens with one attached hydrogen (secondary N) is 2. The first-order valence-corrected chi connectivity index (χ1v) is 8.38. The highest BCUT2D eigenvalue weighted by atomic mass is 35.5. The van der Waals surface area contributed by atoms with E-state index in [4.69, 9.17) is 16.3 Å². The lowest BCUT2D eigenvalue weighted by atomic mass is 10.2. The number of carbonyl (C=O) groups is 1. The number of anilines is 2. The van der Waals surface area contributed by atoms with E-state index in [0.717, 1.165) is 22.7 Å². The quantitative estimate of drug-likeness (QED) is 0.751. The molecule has 1 amide bonds. The van der Waals surface area contributed by atoms with Crippen molar-refractivity contribution in [1.82, 2.24) is 0 Å². The average Bonchev–Trinajstić information content (AvgIpc) is 2.51. The fraction of sp³-hybridized carbons (Fsp3) is 0.316. The van der Waals surface area contributed by atoms with Crippen LogP contribution in [0.4, 0.5) is 11.4 Å². The number of halogens is 1. The smallest absolute Gasteiger partial charge is 0.226 e. The molecule has 0 fully saturated rings. The van der Waals surface area contributed by atoms with E-state index in [2.05, 4.69) is 10.6 Å². The van der Waals surface area contributed by atoms with Crippen LogP contribution >= 0.6 is 11.6 Å². The molecule has 0 aliphatic rings. The number of hydrogen-bond donors (Lipinski definition) is 2. The van der Waals surface area contributed by atoms with E-state index >= 15 is 0 Å². The molecule has 2 N–H and O–H groups in total. The molecule has 0 saturated carbocycles. The highest BCUT2D eigenvalue weighted by Gasteiger charge is 2.05. The van der Waals surface area contributed by atoms with Crippen molar-refractivity contribution in [1.29, 1.82) is 0 Å². The van der Waals surface area contributed by atoms with Crippen LogP contribution in [0.3, 0.4) is 0 Å². The Kier molecular flexibility index (Phi) is 6.50. The summed E-state index contributed by atoms with van der Waals surface area (Å²) in [4.78, 5) is 12.0. The van der Waals surface area contributed by atoms with Gasteiger partial charge in [0.05, 0.1) is 6.10 Å². The molecule has 2 aromatic rings. The number of ether oxygens (including phenoxy) is 1. The van der Waals surface area contributed by atoms with E-state index in [0.29, 0.717) is 18.0 Å². The SMILES string of the molecule is Cc1cc(Cl)ccc1NC(=O)CCNc1ccc(OC(C)C)cc1. The van der Waals surface area contributed by atoms with Gasteiger partial charge in [-0.15, -0.1) is 0 Å². The van der Waals surface area contributed by atoms with Gasteiger partial charge in [0, 0.05) is 29.4 Å². The van der Waals surface area contributed by atoms with Crippen LogP contribution in [0.5, 0.6) is 5.75 Å². The summed E-state index contributed by atoms with van der Waals surface area (Å²) in [6.45, 7) is 6.46. The molecule has 0 saturated heterocycles. The molecule has 2 rings (SSSR count). The first kappa shape index (κ1) is 18.1. The van der Waals surface area contributed by atoms with E-state index < -0.39 is 0 Å². The van der Waals surface area contributed by atoms with Gasteiger partial charge in [-0.3, -0.25) is 4.79 Å². The predicted molar refractivity (Wildman–Crippen MR) is 100 cm³/mol. The molecule has 2 aromatic carbocycles. The Bertz CT molecular complexity index is 684. The zero-order valence-electron chi connectivity index (χ0n) is 14.2. The molecular formula is C19H23ClN2O2. The van der Waals surface area contributed by atoms with Crippen molar-refractivity contribution < 1.29 is 9.53 Å². The molecule has 4 nitrogen and oxygen atoms in total. The number of benzene rings is 2. The molecule has 0 spiro atoms. The molecule has 0 aliphatic heterocycles. The third kappa shape index (κ3) is 5.78. The average molecular weight is 347 g/mol. The monoisotopic (exact) mass is 346 g/mol. The van der Waals surface area contributed by atoms with Crippen molar-refractivity contribution in [3.05, 3.63) is 53.1 Å². The van der Waals surface area contributed by atoms with E-state index in [1.807, 2.05) is 57.2 Å². The summed E-state index contributed by atoms with van der Waals surface area (Å²) in [6, 6.07) is 13.1. The van der Waals surface area contributed by atoms with E-state index in [1.165, 1.54) is 0 Å².